The van der Waals surface area contributed by atoms with Crippen molar-refractivity contribution in [3.8, 4) is 5.75 Å². The molecule has 0 aliphatic carbocycles. The van der Waals surface area contributed by atoms with Gasteiger partial charge in [0, 0.05) is 50.5 Å². The first-order valence-corrected chi connectivity index (χ1v) is 8.39. The molecular weight excluding hydrogens is 356 g/mol. The Hall–Kier alpha value is -3.23. The highest BCUT2D eigenvalue weighted by molar-refractivity contribution is 5.68. The van der Waals surface area contributed by atoms with Gasteiger partial charge in [-0.1, -0.05) is 0 Å². The van der Waals surface area contributed by atoms with E-state index in [9.17, 15) is 13.6 Å². The molecule has 0 radical (unpaired) electrons. The number of nitrogens with zero attached hydrogens (tertiary/aromatic N) is 4. The number of hydrogen-bond acceptors (Lipinski definition) is 7. The van der Waals surface area contributed by atoms with Crippen molar-refractivity contribution >= 4 is 23.6 Å². The van der Waals surface area contributed by atoms with E-state index in [0.717, 1.165) is 32.5 Å². The predicted molar refractivity (Wildman–Crippen MR) is 97.4 cm³/mol. The second kappa shape index (κ2) is 8.93. The molecule has 0 bridgehead atoms. The van der Waals surface area contributed by atoms with Crippen molar-refractivity contribution in [3.63, 3.8) is 0 Å². The fourth-order valence-corrected chi connectivity index (χ4v) is 2.75. The largest absolute Gasteiger partial charge is 0.435 e. The Labute approximate surface area is 155 Å². The van der Waals surface area contributed by atoms with Gasteiger partial charge in [-0.05, 0) is 30.3 Å². The van der Waals surface area contributed by atoms with Gasteiger partial charge >= 0.3 is 6.61 Å². The number of rotatable bonds is 7. The highest BCUT2D eigenvalue weighted by atomic mass is 19.3. The zero-order chi connectivity index (χ0) is 19.1. The van der Waals surface area contributed by atoms with Gasteiger partial charge in [0.2, 0.25) is 0 Å². The van der Waals surface area contributed by atoms with Crippen LogP contribution in [0.1, 0.15) is 0 Å². The van der Waals surface area contributed by atoms with Gasteiger partial charge in [0.1, 0.15) is 12.0 Å². The molecule has 2 aromatic rings. The van der Waals surface area contributed by atoms with Crippen molar-refractivity contribution < 1.29 is 18.3 Å². The molecule has 1 aliphatic heterocycles. The molecule has 0 spiro atoms. The minimum Gasteiger partial charge on any atom is -0.435 e. The molecule has 142 valence electrons. The summed E-state index contributed by atoms with van der Waals surface area (Å²) in [5, 5.41) is 3.16. The van der Waals surface area contributed by atoms with Gasteiger partial charge in [0.05, 0.1) is 0 Å². The molecule has 7 nitrogen and oxygen atoms in total. The van der Waals surface area contributed by atoms with E-state index in [-0.39, 0.29) is 5.75 Å². The molecule has 0 atom stereocenters. The molecule has 1 aliphatic rings. The summed E-state index contributed by atoms with van der Waals surface area (Å²) in [4.78, 5) is 23.4. The second-order valence-electron chi connectivity index (χ2n) is 5.76. The topological polar surface area (TPSA) is 70.6 Å². The summed E-state index contributed by atoms with van der Waals surface area (Å²) in [5.74, 6) is 1.38. The maximum absolute atomic E-state index is 12.2. The Kier molecular flexibility index (Phi) is 6.14. The van der Waals surface area contributed by atoms with E-state index in [1.54, 1.807) is 30.7 Å². The number of benzene rings is 1. The summed E-state index contributed by atoms with van der Waals surface area (Å²) in [7, 11) is 0. The second-order valence-corrected chi connectivity index (χ2v) is 5.76. The minimum absolute atomic E-state index is 0.0921. The van der Waals surface area contributed by atoms with Gasteiger partial charge in [-0.2, -0.15) is 8.78 Å². The van der Waals surface area contributed by atoms with Gasteiger partial charge < -0.3 is 19.9 Å². The number of carbonyl (C=O) groups excluding carboxylic acids is 1. The lowest BCUT2D eigenvalue weighted by molar-refractivity contribution is -0.104. The number of ether oxygens (including phenoxy) is 1. The molecule has 9 heteroatoms. The van der Waals surface area contributed by atoms with Crippen LogP contribution in [0.2, 0.25) is 0 Å². The molecule has 1 aromatic heterocycles. The van der Waals surface area contributed by atoms with Crippen molar-refractivity contribution in [1.29, 1.82) is 0 Å². The van der Waals surface area contributed by atoms with Crippen LogP contribution in [0, 0.1) is 0 Å². The number of allylic oxidation sites excluding steroid dienone is 1. The van der Waals surface area contributed by atoms with Crippen LogP contribution in [0.3, 0.4) is 0 Å². The number of nitrogens with one attached hydrogen (secondary N) is 1. The summed E-state index contributed by atoms with van der Waals surface area (Å²) in [6.07, 6.45) is 7.23. The monoisotopic (exact) mass is 375 g/mol. The molecule has 27 heavy (non-hydrogen) atoms. The highest BCUT2D eigenvalue weighted by Crippen LogP contribution is 2.26. The number of aromatic nitrogens is 2. The minimum atomic E-state index is -2.85. The molecule has 0 amide bonds. The SMILES string of the molecule is O=CC=CN1CCN(c2nccnc2Nc2ccc(OC(F)F)cc2)CC1. The van der Waals surface area contributed by atoms with Crippen molar-refractivity contribution in [2.75, 3.05) is 36.4 Å². The average molecular weight is 375 g/mol. The smallest absolute Gasteiger partial charge is 0.387 e. The maximum Gasteiger partial charge on any atom is 0.387 e. The Morgan fingerprint density at radius 2 is 1.78 bits per heavy atom. The zero-order valence-corrected chi connectivity index (χ0v) is 14.5. The third-order valence-electron chi connectivity index (χ3n) is 4.01. The van der Waals surface area contributed by atoms with E-state index < -0.39 is 6.61 Å². The van der Waals surface area contributed by atoms with Crippen molar-refractivity contribution in [3.05, 3.63) is 48.9 Å². The summed E-state index contributed by atoms with van der Waals surface area (Å²) >= 11 is 0. The van der Waals surface area contributed by atoms with Gasteiger partial charge in [-0.3, -0.25) is 4.79 Å². The van der Waals surface area contributed by atoms with Crippen LogP contribution >= 0.6 is 0 Å². The van der Waals surface area contributed by atoms with Crippen LogP contribution in [0.15, 0.2) is 48.9 Å². The molecule has 0 saturated carbocycles. The third kappa shape index (κ3) is 5.13. The van der Waals surface area contributed by atoms with E-state index in [0.29, 0.717) is 17.3 Å². The molecule has 1 saturated heterocycles. The van der Waals surface area contributed by atoms with Gasteiger partial charge in [0.25, 0.3) is 0 Å². The van der Waals surface area contributed by atoms with E-state index in [4.69, 9.17) is 0 Å². The summed E-state index contributed by atoms with van der Waals surface area (Å²) in [6.45, 7) is 0.144. The Balaban J connectivity index is 1.68. The molecule has 2 heterocycles. The number of alkyl halides is 2. The number of piperazine rings is 1. The van der Waals surface area contributed by atoms with Gasteiger partial charge in [-0.25, -0.2) is 9.97 Å². The van der Waals surface area contributed by atoms with Crippen LogP contribution in [-0.4, -0.2) is 53.9 Å². The molecule has 1 fully saturated rings. The number of anilines is 3. The predicted octanol–water partition coefficient (Wildman–Crippen LogP) is 2.66. The Morgan fingerprint density at radius 1 is 1.07 bits per heavy atom. The van der Waals surface area contributed by atoms with Gasteiger partial charge in [0.15, 0.2) is 11.6 Å². The lowest BCUT2D eigenvalue weighted by Gasteiger charge is -2.35. The summed E-state index contributed by atoms with van der Waals surface area (Å²) in [6, 6.07) is 6.20. The van der Waals surface area contributed by atoms with Crippen molar-refractivity contribution in [1.82, 2.24) is 14.9 Å². The van der Waals surface area contributed by atoms with E-state index in [1.165, 1.54) is 18.2 Å². The van der Waals surface area contributed by atoms with Crippen LogP contribution in [0.4, 0.5) is 26.1 Å². The molecule has 0 unspecified atom stereocenters. The van der Waals surface area contributed by atoms with E-state index >= 15 is 0 Å². The normalized spacial score (nSPS) is 14.6. The Bertz CT molecular complexity index is 778. The lowest BCUT2D eigenvalue weighted by atomic mass is 10.3. The number of hydrogen-bond donors (Lipinski definition) is 1. The van der Waals surface area contributed by atoms with Crippen LogP contribution < -0.4 is 15.0 Å². The summed E-state index contributed by atoms with van der Waals surface area (Å²) < 4.78 is 28.8. The zero-order valence-electron chi connectivity index (χ0n) is 14.5. The number of aldehydes is 1. The number of carbonyl (C=O) groups is 1. The Morgan fingerprint density at radius 3 is 2.44 bits per heavy atom. The van der Waals surface area contributed by atoms with Crippen LogP contribution in [-0.2, 0) is 4.79 Å². The van der Waals surface area contributed by atoms with Gasteiger partial charge in [-0.15, -0.1) is 0 Å². The van der Waals surface area contributed by atoms with Crippen molar-refractivity contribution in [2.24, 2.45) is 0 Å². The van der Waals surface area contributed by atoms with Crippen molar-refractivity contribution in [2.45, 2.75) is 6.61 Å². The first-order valence-electron chi connectivity index (χ1n) is 8.39. The first-order chi connectivity index (χ1) is 13.2. The third-order valence-corrected chi connectivity index (χ3v) is 4.01. The molecular formula is C18H19F2N5O2. The molecule has 3 rings (SSSR count). The number of halogens is 2. The van der Waals surface area contributed by atoms with Crippen LogP contribution in [0.25, 0.3) is 0 Å². The van der Waals surface area contributed by atoms with E-state index in [1.807, 2.05) is 0 Å². The van der Waals surface area contributed by atoms with E-state index in [2.05, 4.69) is 29.8 Å². The molecule has 1 N–H and O–H groups in total. The average Bonchev–Trinajstić information content (AvgIpc) is 2.68. The van der Waals surface area contributed by atoms with Crippen LogP contribution in [0.5, 0.6) is 5.75 Å². The standard InChI is InChI=1S/C18H19F2N5O2/c19-18(20)27-15-4-2-14(3-5-15)23-16-17(22-7-6-21-16)25-11-9-24(10-12-25)8-1-13-26/h1-8,13,18H,9-12H2,(H,21,23). The maximum atomic E-state index is 12.2. The first kappa shape index (κ1) is 18.6. The fourth-order valence-electron chi connectivity index (χ4n) is 2.75. The lowest BCUT2D eigenvalue weighted by Crippen LogP contribution is -2.44. The highest BCUT2D eigenvalue weighted by Gasteiger charge is 2.19. The molecule has 1 aromatic carbocycles. The summed E-state index contributed by atoms with van der Waals surface area (Å²) in [5.41, 5.74) is 0.686. The quantitative estimate of drug-likeness (QED) is 0.589. The fraction of sp³-hybridized carbons (Fsp3) is 0.278.